The van der Waals surface area contributed by atoms with Crippen LogP contribution in [0.1, 0.15) is 0 Å². The summed E-state index contributed by atoms with van der Waals surface area (Å²) in [6.07, 6.45) is 2.84. The van der Waals surface area contributed by atoms with Gasteiger partial charge in [-0.1, -0.05) is 0 Å². The van der Waals surface area contributed by atoms with Crippen LogP contribution in [0.25, 0.3) is 21.8 Å². The number of hydrogen-bond acceptors (Lipinski definition) is 5. The molecule has 5 nitrogen and oxygen atoms in total. The number of benzene rings is 2. The van der Waals surface area contributed by atoms with Crippen LogP contribution in [0, 0.1) is 0 Å². The number of pyridine rings is 2. The topological polar surface area (TPSA) is 61.3 Å². The van der Waals surface area contributed by atoms with Gasteiger partial charge in [0.05, 0.1) is 0 Å². The van der Waals surface area contributed by atoms with E-state index in [0.717, 1.165) is 11.0 Å². The first-order chi connectivity index (χ1) is 12.6. The van der Waals surface area contributed by atoms with E-state index in [0.29, 0.717) is 20.8 Å². The van der Waals surface area contributed by atoms with Gasteiger partial charge in [-0.3, -0.25) is 0 Å². The van der Waals surface area contributed by atoms with Crippen molar-refractivity contribution in [1.29, 1.82) is 0 Å². The fraction of sp³-hybridized carbons (Fsp3) is 0. The van der Waals surface area contributed by atoms with Crippen LogP contribution < -0.4 is 7.64 Å². The summed E-state index contributed by atoms with van der Waals surface area (Å²) in [5, 5.41) is 2.06. The molecule has 0 saturated carbocycles. The summed E-state index contributed by atoms with van der Waals surface area (Å²) in [6, 6.07) is 14.6. The zero-order chi connectivity index (χ0) is 18.1. The van der Waals surface area contributed by atoms with Crippen molar-refractivity contribution in [2.24, 2.45) is 0 Å². The Labute approximate surface area is 163 Å². The molecule has 4 aromatic rings. The Bertz CT molecular complexity index is 1060. The van der Waals surface area contributed by atoms with Crippen LogP contribution in [0.15, 0.2) is 60.9 Å². The van der Waals surface area contributed by atoms with Crippen molar-refractivity contribution in [3.8, 4) is 11.5 Å². The first-order valence-corrected chi connectivity index (χ1v) is 10.3. The molecule has 0 bridgehead atoms. The molecule has 0 atom stereocenters. The maximum atomic E-state index is 12.3. The molecule has 0 spiro atoms. The normalized spacial score (nSPS) is 11.2. The van der Waals surface area contributed by atoms with E-state index in [1.54, 1.807) is 0 Å². The van der Waals surface area contributed by atoms with Gasteiger partial charge in [0.15, 0.2) is 0 Å². The number of hydrogen-bond donors (Lipinski definition) is 0. The van der Waals surface area contributed by atoms with Crippen LogP contribution in [0.2, 0.25) is 10.0 Å². The van der Waals surface area contributed by atoms with Gasteiger partial charge >= 0.3 is 163 Å². The van der Waals surface area contributed by atoms with Crippen molar-refractivity contribution in [3.63, 3.8) is 0 Å². The Balaban J connectivity index is 1.60. The third-order valence-electron chi connectivity index (χ3n) is 3.67. The minimum absolute atomic E-state index is 0.190. The van der Waals surface area contributed by atoms with Gasteiger partial charge in [-0.05, 0) is 0 Å². The molecule has 0 N–H and O–H groups in total. The van der Waals surface area contributed by atoms with Crippen molar-refractivity contribution in [2.45, 2.75) is 0 Å². The monoisotopic (exact) mass is 452 g/mol. The summed E-state index contributed by atoms with van der Waals surface area (Å²) in [5.41, 5.74) is 1.44. The minimum atomic E-state index is -3.22. The molecule has 0 aliphatic carbocycles. The summed E-state index contributed by atoms with van der Waals surface area (Å²) in [6.45, 7) is 0. The Hall–Kier alpha value is -2.24. The van der Waals surface area contributed by atoms with Crippen LogP contribution in [0.3, 0.4) is 0 Å². The molecular formula is C18H10Cl2N2O3Se. The van der Waals surface area contributed by atoms with E-state index in [-0.39, 0.29) is 11.5 Å². The molecule has 2 aromatic heterocycles. The quantitative estimate of drug-likeness (QED) is 0.410. The molecule has 4 rings (SSSR count). The van der Waals surface area contributed by atoms with Crippen molar-refractivity contribution < 1.29 is 11.5 Å². The Kier molecular flexibility index (Phi) is 4.74. The zero-order valence-corrected chi connectivity index (χ0v) is 16.3. The van der Waals surface area contributed by atoms with Crippen molar-refractivity contribution in [1.82, 2.24) is 9.97 Å². The number of para-hydroxylation sites is 2. The molecule has 26 heavy (non-hydrogen) atoms. The number of nitrogens with zero attached hydrogens (tertiary/aromatic N) is 2. The van der Waals surface area contributed by atoms with E-state index < -0.39 is 14.5 Å². The molecule has 0 saturated heterocycles. The molecule has 2 aromatic carbocycles. The molecule has 0 fully saturated rings. The maximum absolute atomic E-state index is 12.3. The predicted octanol–water partition coefficient (Wildman–Crippen LogP) is 4.96. The first kappa shape index (κ1) is 17.2. The van der Waals surface area contributed by atoms with Gasteiger partial charge in [-0.2, -0.15) is 0 Å². The Morgan fingerprint density at radius 2 is 1.15 bits per heavy atom. The molecule has 0 aliphatic heterocycles. The molecule has 2 heterocycles. The molecular weight excluding hydrogens is 442 g/mol. The first-order valence-electron chi connectivity index (χ1n) is 7.48. The molecule has 0 amide bonds. The van der Waals surface area contributed by atoms with Gasteiger partial charge in [0, 0.05) is 0 Å². The summed E-state index contributed by atoms with van der Waals surface area (Å²) in [5.74, 6) is 0.380. The van der Waals surface area contributed by atoms with Crippen LogP contribution >= 0.6 is 23.2 Å². The molecule has 8 heteroatoms. The van der Waals surface area contributed by atoms with Crippen LogP contribution in [-0.2, 0) is 3.83 Å². The van der Waals surface area contributed by atoms with Gasteiger partial charge in [-0.15, -0.1) is 0 Å². The van der Waals surface area contributed by atoms with E-state index in [2.05, 4.69) is 9.97 Å². The zero-order valence-electron chi connectivity index (χ0n) is 13.1. The number of rotatable bonds is 4. The van der Waals surface area contributed by atoms with E-state index in [1.165, 1.54) is 12.4 Å². The predicted molar refractivity (Wildman–Crippen MR) is 101 cm³/mol. The van der Waals surface area contributed by atoms with Gasteiger partial charge in [-0.25, -0.2) is 0 Å². The second-order valence-electron chi connectivity index (χ2n) is 5.28. The number of fused-ring (bicyclic) bond motifs is 2. The van der Waals surface area contributed by atoms with E-state index >= 15 is 0 Å². The summed E-state index contributed by atoms with van der Waals surface area (Å²) >= 11 is 9.42. The summed E-state index contributed by atoms with van der Waals surface area (Å²) < 4.78 is 23.1. The van der Waals surface area contributed by atoms with Gasteiger partial charge < -0.3 is 0 Å². The average Bonchev–Trinajstić information content (AvgIpc) is 2.67. The van der Waals surface area contributed by atoms with E-state index in [1.807, 2.05) is 48.5 Å². The van der Waals surface area contributed by atoms with E-state index in [4.69, 9.17) is 30.8 Å². The third-order valence-corrected chi connectivity index (χ3v) is 5.78. The van der Waals surface area contributed by atoms with Crippen LogP contribution in [0.5, 0.6) is 11.5 Å². The summed E-state index contributed by atoms with van der Waals surface area (Å²) in [4.78, 5) is 8.48. The molecule has 0 aliphatic rings. The second kappa shape index (κ2) is 7.17. The van der Waals surface area contributed by atoms with Crippen LogP contribution in [0.4, 0.5) is 0 Å². The van der Waals surface area contributed by atoms with Crippen LogP contribution in [-0.4, -0.2) is 24.5 Å². The SMILES string of the molecule is O=[Se](Oc1cnc2ccccc2c1Cl)Oc1cnc2ccccc2c1Cl. The Morgan fingerprint density at radius 3 is 1.62 bits per heavy atom. The van der Waals surface area contributed by atoms with Crippen molar-refractivity contribution >= 4 is 59.5 Å². The number of halogens is 2. The van der Waals surface area contributed by atoms with Gasteiger partial charge in [0.1, 0.15) is 0 Å². The second-order valence-corrected chi connectivity index (χ2v) is 7.59. The average molecular weight is 452 g/mol. The van der Waals surface area contributed by atoms with Crippen molar-refractivity contribution in [3.05, 3.63) is 71.0 Å². The molecule has 130 valence electrons. The molecule has 0 unspecified atom stereocenters. The third kappa shape index (κ3) is 3.24. The number of aromatic nitrogens is 2. The summed E-state index contributed by atoms with van der Waals surface area (Å²) in [7, 11) is 0. The molecule has 0 radical (unpaired) electrons. The Morgan fingerprint density at radius 1 is 0.731 bits per heavy atom. The standard InChI is InChI=1S/C18H10Cl2N2O3Se/c19-17-11-5-1-3-7-13(11)21-9-15(17)24-26(23)25-16-10-22-14-8-4-2-6-12(14)18(16)20/h1-10H. The fourth-order valence-corrected chi connectivity index (χ4v) is 4.38. The fourth-order valence-electron chi connectivity index (χ4n) is 2.46. The van der Waals surface area contributed by atoms with Gasteiger partial charge in [0.2, 0.25) is 0 Å². The van der Waals surface area contributed by atoms with E-state index in [9.17, 15) is 3.83 Å². The van der Waals surface area contributed by atoms with Crippen molar-refractivity contribution in [2.75, 3.05) is 0 Å². The van der Waals surface area contributed by atoms with Gasteiger partial charge in [0.25, 0.3) is 0 Å².